The fraction of sp³-hybridized carbons (Fsp3) is 0.700. The minimum atomic E-state index is -0.566. The van der Waals surface area contributed by atoms with Crippen LogP contribution in [-0.2, 0) is 14.3 Å². The summed E-state index contributed by atoms with van der Waals surface area (Å²) < 4.78 is 4.62. The van der Waals surface area contributed by atoms with Crippen molar-refractivity contribution in [2.45, 2.75) is 25.8 Å². The minimum Gasteiger partial charge on any atom is -0.465 e. The molecule has 96 valence electrons. The highest BCUT2D eigenvalue weighted by Crippen LogP contribution is 2.17. The number of amides is 3. The number of nitrogens with one attached hydrogen (secondary N) is 3. The number of carbonyl (C=O) groups excluding carboxylic acids is 3. The molecule has 1 aliphatic carbocycles. The second kappa shape index (κ2) is 6.72. The molecule has 0 heterocycles. The Kier molecular flexibility index (Phi) is 5.25. The molecule has 0 unspecified atom stereocenters. The second-order valence-electron chi connectivity index (χ2n) is 3.68. The highest BCUT2D eigenvalue weighted by atomic mass is 16.5. The van der Waals surface area contributed by atoms with Crippen LogP contribution >= 0.6 is 0 Å². The molecule has 0 aliphatic heterocycles. The maximum absolute atomic E-state index is 11.2. The van der Waals surface area contributed by atoms with E-state index in [1.165, 1.54) is 0 Å². The standard InChI is InChI=1S/C10H17N3O4/c1-2-17-9(15)6-12-10(16)11-5-8(14)13-7-3-4-7/h7H,2-6H2,1H3,(H,13,14)(H2,11,12,16). The first kappa shape index (κ1) is 13.3. The highest BCUT2D eigenvalue weighted by molar-refractivity contribution is 5.85. The molecule has 0 radical (unpaired) electrons. The molecular formula is C10H17N3O4. The molecule has 0 atom stereocenters. The van der Waals surface area contributed by atoms with E-state index >= 15 is 0 Å². The number of rotatable bonds is 6. The van der Waals surface area contributed by atoms with Crippen LogP contribution in [0, 0.1) is 0 Å². The van der Waals surface area contributed by atoms with Crippen LogP contribution in [0.5, 0.6) is 0 Å². The first-order valence-corrected chi connectivity index (χ1v) is 5.58. The van der Waals surface area contributed by atoms with Gasteiger partial charge in [0.25, 0.3) is 0 Å². The number of ether oxygens (including phenoxy) is 1. The Bertz CT molecular complexity index is 302. The van der Waals surface area contributed by atoms with Gasteiger partial charge in [-0.15, -0.1) is 0 Å². The average molecular weight is 243 g/mol. The summed E-state index contributed by atoms with van der Waals surface area (Å²) in [5, 5.41) is 7.35. The van der Waals surface area contributed by atoms with Crippen molar-refractivity contribution in [2.75, 3.05) is 19.7 Å². The molecule has 1 aliphatic rings. The van der Waals surface area contributed by atoms with Gasteiger partial charge < -0.3 is 20.7 Å². The van der Waals surface area contributed by atoms with Crippen LogP contribution in [0.25, 0.3) is 0 Å². The van der Waals surface area contributed by atoms with Gasteiger partial charge in [0, 0.05) is 6.04 Å². The summed E-state index contributed by atoms with van der Waals surface area (Å²) in [5.74, 6) is -0.733. The zero-order valence-electron chi connectivity index (χ0n) is 9.75. The molecule has 7 heteroatoms. The Hall–Kier alpha value is -1.79. The van der Waals surface area contributed by atoms with Crippen molar-refractivity contribution in [3.63, 3.8) is 0 Å². The average Bonchev–Trinajstić information content (AvgIpc) is 3.08. The van der Waals surface area contributed by atoms with Crippen molar-refractivity contribution >= 4 is 17.9 Å². The number of hydrogen-bond acceptors (Lipinski definition) is 4. The summed E-state index contributed by atoms with van der Waals surface area (Å²) in [6, 6.07) is -0.295. The SMILES string of the molecule is CCOC(=O)CNC(=O)NCC(=O)NC1CC1. The summed E-state index contributed by atoms with van der Waals surface area (Å²) in [5.41, 5.74) is 0. The van der Waals surface area contributed by atoms with Gasteiger partial charge in [-0.25, -0.2) is 4.79 Å². The maximum Gasteiger partial charge on any atom is 0.325 e. The topological polar surface area (TPSA) is 96.5 Å². The third kappa shape index (κ3) is 6.39. The fourth-order valence-corrected chi connectivity index (χ4v) is 1.09. The zero-order chi connectivity index (χ0) is 12.7. The van der Waals surface area contributed by atoms with Gasteiger partial charge >= 0.3 is 12.0 Å². The quantitative estimate of drug-likeness (QED) is 0.528. The third-order valence-electron chi connectivity index (χ3n) is 2.05. The molecule has 0 aromatic heterocycles. The van der Waals surface area contributed by atoms with Crippen LogP contribution in [0.1, 0.15) is 19.8 Å². The molecule has 17 heavy (non-hydrogen) atoms. The van der Waals surface area contributed by atoms with Gasteiger partial charge in [-0.05, 0) is 19.8 Å². The van der Waals surface area contributed by atoms with E-state index in [9.17, 15) is 14.4 Å². The summed E-state index contributed by atoms with van der Waals surface area (Å²) in [6.45, 7) is 1.65. The van der Waals surface area contributed by atoms with Crippen LogP contribution in [0.15, 0.2) is 0 Å². The lowest BCUT2D eigenvalue weighted by molar-refractivity contribution is -0.141. The lowest BCUT2D eigenvalue weighted by Gasteiger charge is -2.07. The number of carbonyl (C=O) groups is 3. The monoisotopic (exact) mass is 243 g/mol. The molecule has 0 aromatic carbocycles. The molecule has 0 bridgehead atoms. The molecule has 0 saturated heterocycles. The molecule has 0 spiro atoms. The van der Waals surface area contributed by atoms with Crippen LogP contribution < -0.4 is 16.0 Å². The van der Waals surface area contributed by atoms with E-state index in [1.807, 2.05) is 0 Å². The second-order valence-corrected chi connectivity index (χ2v) is 3.68. The van der Waals surface area contributed by atoms with Crippen LogP contribution in [-0.4, -0.2) is 43.6 Å². The summed E-state index contributed by atoms with van der Waals surface area (Å²) >= 11 is 0. The van der Waals surface area contributed by atoms with Gasteiger partial charge in [0.05, 0.1) is 13.2 Å². The van der Waals surface area contributed by atoms with E-state index in [-0.39, 0.29) is 31.6 Å². The van der Waals surface area contributed by atoms with Gasteiger partial charge in [-0.3, -0.25) is 9.59 Å². The Labute approximate surface area is 99.3 Å². The van der Waals surface area contributed by atoms with Crippen molar-refractivity contribution < 1.29 is 19.1 Å². The normalized spacial score (nSPS) is 13.7. The molecule has 7 nitrogen and oxygen atoms in total. The first-order chi connectivity index (χ1) is 8.11. The first-order valence-electron chi connectivity index (χ1n) is 5.58. The van der Waals surface area contributed by atoms with E-state index in [4.69, 9.17) is 0 Å². The van der Waals surface area contributed by atoms with E-state index in [0.29, 0.717) is 0 Å². The fourth-order valence-electron chi connectivity index (χ4n) is 1.09. The number of urea groups is 1. The van der Waals surface area contributed by atoms with Gasteiger partial charge in [-0.1, -0.05) is 0 Å². The Balaban J connectivity index is 2.03. The van der Waals surface area contributed by atoms with Gasteiger partial charge in [0.1, 0.15) is 6.54 Å². The molecular weight excluding hydrogens is 226 g/mol. The van der Waals surface area contributed by atoms with Crippen LogP contribution in [0.3, 0.4) is 0 Å². The van der Waals surface area contributed by atoms with Gasteiger partial charge in [0.2, 0.25) is 5.91 Å². The van der Waals surface area contributed by atoms with Gasteiger partial charge in [0.15, 0.2) is 0 Å². The maximum atomic E-state index is 11.2. The van der Waals surface area contributed by atoms with Crippen LogP contribution in [0.4, 0.5) is 4.79 Å². The molecule has 1 fully saturated rings. The minimum absolute atomic E-state index is 0.0921. The van der Waals surface area contributed by atoms with Crippen molar-refractivity contribution in [1.82, 2.24) is 16.0 Å². The molecule has 3 amide bonds. The van der Waals surface area contributed by atoms with Gasteiger partial charge in [-0.2, -0.15) is 0 Å². The van der Waals surface area contributed by atoms with E-state index in [2.05, 4.69) is 20.7 Å². The van der Waals surface area contributed by atoms with Crippen molar-refractivity contribution in [2.24, 2.45) is 0 Å². The third-order valence-corrected chi connectivity index (χ3v) is 2.05. The molecule has 3 N–H and O–H groups in total. The lowest BCUT2D eigenvalue weighted by Crippen LogP contribution is -2.44. The summed E-state index contributed by atoms with van der Waals surface area (Å²) in [4.78, 5) is 33.2. The highest BCUT2D eigenvalue weighted by Gasteiger charge is 2.23. The predicted molar refractivity (Wildman–Crippen MR) is 59.2 cm³/mol. The number of hydrogen-bond donors (Lipinski definition) is 3. The Morgan fingerprint density at radius 3 is 2.41 bits per heavy atom. The lowest BCUT2D eigenvalue weighted by atomic mass is 10.5. The van der Waals surface area contributed by atoms with Crippen molar-refractivity contribution in [3.8, 4) is 0 Å². The Morgan fingerprint density at radius 1 is 1.18 bits per heavy atom. The van der Waals surface area contributed by atoms with E-state index in [1.54, 1.807) is 6.92 Å². The Morgan fingerprint density at radius 2 is 1.82 bits per heavy atom. The smallest absolute Gasteiger partial charge is 0.325 e. The summed E-state index contributed by atoms with van der Waals surface area (Å²) in [7, 11) is 0. The largest absolute Gasteiger partial charge is 0.465 e. The number of esters is 1. The summed E-state index contributed by atoms with van der Waals surface area (Å²) in [6.07, 6.45) is 2.00. The van der Waals surface area contributed by atoms with E-state index < -0.39 is 12.0 Å². The van der Waals surface area contributed by atoms with Crippen molar-refractivity contribution in [1.29, 1.82) is 0 Å². The molecule has 1 saturated carbocycles. The molecule has 1 rings (SSSR count). The van der Waals surface area contributed by atoms with Crippen molar-refractivity contribution in [3.05, 3.63) is 0 Å². The predicted octanol–water partition coefficient (Wildman–Crippen LogP) is -0.873. The van der Waals surface area contributed by atoms with E-state index in [0.717, 1.165) is 12.8 Å². The zero-order valence-corrected chi connectivity index (χ0v) is 9.75. The molecule has 0 aromatic rings. The van der Waals surface area contributed by atoms with Crippen LogP contribution in [0.2, 0.25) is 0 Å².